The summed E-state index contributed by atoms with van der Waals surface area (Å²) in [5.41, 5.74) is 1.22. The van der Waals surface area contributed by atoms with Crippen LogP contribution in [0.1, 0.15) is 16.8 Å². The SMILES string of the molecule is O=C(c1cnc(-c2ccncc2)nc1)N1CC[C@H](CO)[C@@H](O)C1. The highest BCUT2D eigenvalue weighted by atomic mass is 16.3. The average Bonchev–Trinajstić information content (AvgIpc) is 2.62. The van der Waals surface area contributed by atoms with Crippen molar-refractivity contribution in [1.82, 2.24) is 19.9 Å². The zero-order chi connectivity index (χ0) is 16.2. The minimum absolute atomic E-state index is 0.0626. The third kappa shape index (κ3) is 3.35. The van der Waals surface area contributed by atoms with Crippen LogP contribution in [0.2, 0.25) is 0 Å². The van der Waals surface area contributed by atoms with E-state index in [0.717, 1.165) is 5.56 Å². The number of hydrogen-bond acceptors (Lipinski definition) is 6. The lowest BCUT2D eigenvalue weighted by Crippen LogP contribution is -2.47. The van der Waals surface area contributed by atoms with E-state index in [-0.39, 0.29) is 25.0 Å². The van der Waals surface area contributed by atoms with E-state index in [9.17, 15) is 9.90 Å². The molecule has 2 aromatic heterocycles. The van der Waals surface area contributed by atoms with Crippen molar-refractivity contribution in [1.29, 1.82) is 0 Å². The van der Waals surface area contributed by atoms with Gasteiger partial charge in [-0.2, -0.15) is 0 Å². The Hall–Kier alpha value is -2.38. The predicted molar refractivity (Wildman–Crippen MR) is 82.4 cm³/mol. The molecule has 0 unspecified atom stereocenters. The molecule has 7 nitrogen and oxygen atoms in total. The maximum atomic E-state index is 12.5. The minimum Gasteiger partial charge on any atom is -0.396 e. The molecule has 2 aromatic rings. The highest BCUT2D eigenvalue weighted by Crippen LogP contribution is 2.19. The molecule has 0 aromatic carbocycles. The number of hydrogen-bond donors (Lipinski definition) is 2. The van der Waals surface area contributed by atoms with Gasteiger partial charge in [-0.25, -0.2) is 9.97 Å². The Kier molecular flexibility index (Phi) is 4.59. The van der Waals surface area contributed by atoms with Gasteiger partial charge >= 0.3 is 0 Å². The lowest BCUT2D eigenvalue weighted by atomic mass is 9.94. The summed E-state index contributed by atoms with van der Waals surface area (Å²) in [5, 5.41) is 19.1. The van der Waals surface area contributed by atoms with E-state index in [2.05, 4.69) is 15.0 Å². The van der Waals surface area contributed by atoms with Crippen molar-refractivity contribution in [2.45, 2.75) is 12.5 Å². The molecule has 2 N–H and O–H groups in total. The van der Waals surface area contributed by atoms with Gasteiger partial charge in [-0.1, -0.05) is 0 Å². The van der Waals surface area contributed by atoms with Gasteiger partial charge in [0.2, 0.25) is 0 Å². The van der Waals surface area contributed by atoms with E-state index in [0.29, 0.717) is 24.4 Å². The second-order valence-electron chi connectivity index (χ2n) is 5.58. The Morgan fingerprint density at radius 2 is 1.96 bits per heavy atom. The summed E-state index contributed by atoms with van der Waals surface area (Å²) < 4.78 is 0. The molecule has 1 amide bonds. The first kappa shape index (κ1) is 15.5. The molecule has 1 aliphatic heterocycles. The van der Waals surface area contributed by atoms with E-state index in [1.165, 1.54) is 12.4 Å². The number of aliphatic hydroxyl groups excluding tert-OH is 2. The normalized spacial score (nSPS) is 21.2. The van der Waals surface area contributed by atoms with Gasteiger partial charge in [0.1, 0.15) is 0 Å². The molecule has 0 aliphatic carbocycles. The van der Waals surface area contributed by atoms with Crippen LogP contribution in [0.5, 0.6) is 0 Å². The maximum Gasteiger partial charge on any atom is 0.257 e. The van der Waals surface area contributed by atoms with Gasteiger partial charge in [0.05, 0.1) is 11.7 Å². The first-order valence-electron chi connectivity index (χ1n) is 7.49. The van der Waals surface area contributed by atoms with Gasteiger partial charge in [-0.05, 0) is 18.6 Å². The van der Waals surface area contributed by atoms with Crippen molar-refractivity contribution in [2.75, 3.05) is 19.7 Å². The monoisotopic (exact) mass is 314 g/mol. The summed E-state index contributed by atoms with van der Waals surface area (Å²) in [6, 6.07) is 3.60. The fraction of sp³-hybridized carbons (Fsp3) is 0.375. The number of β-amino-alcohol motifs (C(OH)–C–C–N with tert-alkyl or cyclic N) is 1. The first-order chi connectivity index (χ1) is 11.2. The van der Waals surface area contributed by atoms with E-state index in [1.807, 2.05) is 0 Å². The zero-order valence-electron chi connectivity index (χ0n) is 12.5. The van der Waals surface area contributed by atoms with Crippen molar-refractivity contribution < 1.29 is 15.0 Å². The molecule has 2 atom stereocenters. The first-order valence-corrected chi connectivity index (χ1v) is 7.49. The number of piperidine rings is 1. The van der Waals surface area contributed by atoms with Crippen LogP contribution >= 0.6 is 0 Å². The van der Waals surface area contributed by atoms with Crippen LogP contribution in [0.15, 0.2) is 36.9 Å². The molecule has 7 heteroatoms. The van der Waals surface area contributed by atoms with E-state index in [4.69, 9.17) is 5.11 Å². The number of likely N-dealkylation sites (tertiary alicyclic amines) is 1. The molecule has 3 heterocycles. The number of rotatable bonds is 3. The summed E-state index contributed by atoms with van der Waals surface area (Å²) >= 11 is 0. The molecule has 1 fully saturated rings. The fourth-order valence-corrected chi connectivity index (χ4v) is 2.65. The van der Waals surface area contributed by atoms with Crippen LogP contribution in [0.25, 0.3) is 11.4 Å². The summed E-state index contributed by atoms with van der Waals surface area (Å²) in [6.07, 6.45) is 6.19. The molecule has 0 bridgehead atoms. The minimum atomic E-state index is -0.699. The molecule has 23 heavy (non-hydrogen) atoms. The number of aromatic nitrogens is 3. The Balaban J connectivity index is 1.71. The van der Waals surface area contributed by atoms with Gasteiger partial charge < -0.3 is 15.1 Å². The Morgan fingerprint density at radius 1 is 1.26 bits per heavy atom. The number of amides is 1. The largest absolute Gasteiger partial charge is 0.396 e. The van der Waals surface area contributed by atoms with Crippen molar-refractivity contribution in [3.63, 3.8) is 0 Å². The van der Waals surface area contributed by atoms with E-state index in [1.54, 1.807) is 29.4 Å². The number of carbonyl (C=O) groups excluding carboxylic acids is 1. The van der Waals surface area contributed by atoms with Crippen LogP contribution < -0.4 is 0 Å². The quantitative estimate of drug-likeness (QED) is 0.848. The molecule has 1 aliphatic rings. The third-order valence-electron chi connectivity index (χ3n) is 4.08. The van der Waals surface area contributed by atoms with Crippen LogP contribution in [0, 0.1) is 5.92 Å². The zero-order valence-corrected chi connectivity index (χ0v) is 12.5. The van der Waals surface area contributed by atoms with Gasteiger partial charge in [0.15, 0.2) is 5.82 Å². The molecular weight excluding hydrogens is 296 g/mol. The number of carbonyl (C=O) groups is 1. The Morgan fingerprint density at radius 3 is 2.57 bits per heavy atom. The molecule has 3 rings (SSSR count). The summed E-state index contributed by atoms with van der Waals surface area (Å²) in [6.45, 7) is 0.663. The van der Waals surface area contributed by atoms with Crippen molar-refractivity contribution >= 4 is 5.91 Å². The van der Waals surface area contributed by atoms with Gasteiger partial charge in [-0.15, -0.1) is 0 Å². The van der Waals surface area contributed by atoms with Crippen molar-refractivity contribution in [3.05, 3.63) is 42.5 Å². The number of pyridine rings is 1. The fourth-order valence-electron chi connectivity index (χ4n) is 2.65. The topological polar surface area (TPSA) is 99.4 Å². The molecule has 0 spiro atoms. The van der Waals surface area contributed by atoms with Crippen molar-refractivity contribution in [2.24, 2.45) is 5.92 Å². The number of aliphatic hydroxyl groups is 2. The molecule has 0 radical (unpaired) electrons. The molecule has 1 saturated heterocycles. The third-order valence-corrected chi connectivity index (χ3v) is 4.08. The van der Waals surface area contributed by atoms with Crippen LogP contribution in [-0.2, 0) is 0 Å². The van der Waals surface area contributed by atoms with E-state index >= 15 is 0 Å². The number of nitrogens with zero attached hydrogens (tertiary/aromatic N) is 4. The van der Waals surface area contributed by atoms with Gasteiger partial charge in [-0.3, -0.25) is 9.78 Å². The molecular formula is C16H18N4O3. The summed E-state index contributed by atoms with van der Waals surface area (Å²) in [5.74, 6) is 0.161. The highest BCUT2D eigenvalue weighted by Gasteiger charge is 2.30. The smallest absolute Gasteiger partial charge is 0.257 e. The standard InChI is InChI=1S/C16H18N4O3/c21-10-12-3-6-20(9-14(12)22)16(23)13-7-18-15(19-8-13)11-1-4-17-5-2-11/h1-2,4-5,7-8,12,14,21-22H,3,6,9-10H2/t12-,14+/m1/s1. The van der Waals surface area contributed by atoms with Crippen LogP contribution in [0.4, 0.5) is 0 Å². The molecule has 0 saturated carbocycles. The average molecular weight is 314 g/mol. The van der Waals surface area contributed by atoms with Crippen LogP contribution in [-0.4, -0.2) is 61.8 Å². The summed E-state index contributed by atoms with van der Waals surface area (Å²) in [7, 11) is 0. The predicted octanol–water partition coefficient (Wildman–Crippen LogP) is 0.354. The highest BCUT2D eigenvalue weighted by molar-refractivity contribution is 5.93. The Bertz CT molecular complexity index is 663. The summed E-state index contributed by atoms with van der Waals surface area (Å²) in [4.78, 5) is 26.4. The second-order valence-corrected chi connectivity index (χ2v) is 5.58. The molecule has 120 valence electrons. The van der Waals surface area contributed by atoms with Crippen molar-refractivity contribution in [3.8, 4) is 11.4 Å². The Labute approximate surface area is 133 Å². The second kappa shape index (κ2) is 6.80. The lowest BCUT2D eigenvalue weighted by molar-refractivity contribution is 0.000843. The lowest BCUT2D eigenvalue weighted by Gasteiger charge is -2.35. The van der Waals surface area contributed by atoms with Gasteiger partial charge in [0, 0.05) is 56.0 Å². The van der Waals surface area contributed by atoms with Gasteiger partial charge in [0.25, 0.3) is 5.91 Å². The van der Waals surface area contributed by atoms with E-state index < -0.39 is 6.10 Å². The van der Waals surface area contributed by atoms with Crippen LogP contribution in [0.3, 0.4) is 0 Å². The maximum absolute atomic E-state index is 12.5.